The normalized spacial score (nSPS) is 15.1. The number of hydrogen-bond acceptors (Lipinski definition) is 3. The molecule has 1 aliphatic rings. The molecule has 1 fully saturated rings. The van der Waals surface area contributed by atoms with E-state index in [1.165, 1.54) is 15.9 Å². The molecule has 2 rings (SSSR count). The van der Waals surface area contributed by atoms with Crippen molar-refractivity contribution in [2.45, 2.75) is 13.1 Å². The summed E-state index contributed by atoms with van der Waals surface area (Å²) in [4.78, 5) is 26.6. The van der Waals surface area contributed by atoms with Gasteiger partial charge in [0.15, 0.2) is 0 Å². The van der Waals surface area contributed by atoms with Gasteiger partial charge in [0, 0.05) is 31.2 Å². The van der Waals surface area contributed by atoms with Crippen LogP contribution in [0.25, 0.3) is 0 Å². The maximum Gasteiger partial charge on any atom is 0.418 e. The van der Waals surface area contributed by atoms with Crippen LogP contribution in [0.5, 0.6) is 0 Å². The van der Waals surface area contributed by atoms with Gasteiger partial charge in [0.05, 0.1) is 17.9 Å². The molecule has 25 heavy (non-hydrogen) atoms. The third kappa shape index (κ3) is 4.91. The number of benzene rings is 1. The quantitative estimate of drug-likeness (QED) is 0.853. The van der Waals surface area contributed by atoms with E-state index < -0.39 is 23.9 Å². The predicted molar refractivity (Wildman–Crippen MR) is 85.6 cm³/mol. The van der Waals surface area contributed by atoms with Gasteiger partial charge in [-0.3, -0.25) is 0 Å². The number of carbonyl (C=O) groups is 2. The summed E-state index contributed by atoms with van der Waals surface area (Å²) < 4.78 is 44.0. The van der Waals surface area contributed by atoms with Crippen LogP contribution >= 0.6 is 11.6 Å². The first-order chi connectivity index (χ1) is 11.7. The van der Waals surface area contributed by atoms with E-state index in [1.54, 1.807) is 6.92 Å². The Kier molecular flexibility index (Phi) is 5.99. The van der Waals surface area contributed by atoms with Gasteiger partial charge in [-0.15, -0.1) is 0 Å². The molecular formula is C15H17ClF3N3O3. The third-order valence-electron chi connectivity index (χ3n) is 3.62. The monoisotopic (exact) mass is 379 g/mol. The Labute approximate surface area is 147 Å². The number of alkyl halides is 3. The van der Waals surface area contributed by atoms with Crippen LogP contribution in [0.15, 0.2) is 18.2 Å². The highest BCUT2D eigenvalue weighted by Crippen LogP contribution is 2.36. The lowest BCUT2D eigenvalue weighted by atomic mass is 10.1. The number of piperazine rings is 1. The summed E-state index contributed by atoms with van der Waals surface area (Å²) in [5, 5.41) is 2.18. The van der Waals surface area contributed by atoms with E-state index in [1.807, 2.05) is 0 Å². The lowest BCUT2D eigenvalue weighted by Gasteiger charge is -2.34. The number of halogens is 4. The van der Waals surface area contributed by atoms with Crippen LogP contribution in [0, 0.1) is 0 Å². The molecule has 1 aliphatic heterocycles. The number of nitrogens with zero attached hydrogens (tertiary/aromatic N) is 2. The van der Waals surface area contributed by atoms with Gasteiger partial charge in [0.1, 0.15) is 0 Å². The Morgan fingerprint density at radius 2 is 1.80 bits per heavy atom. The standard InChI is InChI=1S/C15H17ClF3N3O3/c1-2-25-14(24)22-7-5-21(6-8-22)13(23)20-12-4-3-10(16)9-11(12)15(17,18)19/h3-4,9H,2,5-8H2,1H3,(H,20,23). The molecule has 1 N–H and O–H groups in total. The van der Waals surface area contributed by atoms with Crippen molar-refractivity contribution in [2.75, 3.05) is 38.1 Å². The van der Waals surface area contributed by atoms with Crippen molar-refractivity contribution in [1.82, 2.24) is 9.80 Å². The molecular weight excluding hydrogens is 363 g/mol. The number of rotatable bonds is 2. The van der Waals surface area contributed by atoms with Crippen molar-refractivity contribution >= 4 is 29.4 Å². The fourth-order valence-corrected chi connectivity index (χ4v) is 2.53. The van der Waals surface area contributed by atoms with E-state index in [0.717, 1.165) is 12.1 Å². The van der Waals surface area contributed by atoms with Gasteiger partial charge in [0.2, 0.25) is 0 Å². The molecule has 0 unspecified atom stereocenters. The SMILES string of the molecule is CCOC(=O)N1CCN(C(=O)Nc2ccc(Cl)cc2C(F)(F)F)CC1. The summed E-state index contributed by atoms with van der Waals surface area (Å²) in [6.07, 6.45) is -5.12. The Hall–Kier alpha value is -2.16. The van der Waals surface area contributed by atoms with Gasteiger partial charge in [-0.25, -0.2) is 9.59 Å². The smallest absolute Gasteiger partial charge is 0.418 e. The van der Waals surface area contributed by atoms with E-state index in [9.17, 15) is 22.8 Å². The van der Waals surface area contributed by atoms with Crippen molar-refractivity contribution in [2.24, 2.45) is 0 Å². The predicted octanol–water partition coefficient (Wildman–Crippen LogP) is 3.66. The minimum atomic E-state index is -4.64. The van der Waals surface area contributed by atoms with Crippen LogP contribution in [0.2, 0.25) is 5.02 Å². The molecule has 1 saturated heterocycles. The van der Waals surface area contributed by atoms with Gasteiger partial charge >= 0.3 is 18.3 Å². The molecule has 1 heterocycles. The summed E-state index contributed by atoms with van der Waals surface area (Å²) in [5.74, 6) is 0. The van der Waals surface area contributed by atoms with Crippen LogP contribution < -0.4 is 5.32 Å². The molecule has 0 radical (unpaired) electrons. The molecule has 1 aromatic rings. The van der Waals surface area contributed by atoms with Crippen molar-refractivity contribution in [3.63, 3.8) is 0 Å². The maximum absolute atomic E-state index is 13.1. The summed E-state index contributed by atoms with van der Waals surface area (Å²) in [7, 11) is 0. The molecule has 0 spiro atoms. The fraction of sp³-hybridized carbons (Fsp3) is 0.467. The largest absolute Gasteiger partial charge is 0.450 e. The molecule has 0 bridgehead atoms. The number of anilines is 1. The lowest BCUT2D eigenvalue weighted by molar-refractivity contribution is -0.136. The number of amides is 3. The number of carbonyl (C=O) groups excluding carboxylic acids is 2. The van der Waals surface area contributed by atoms with Crippen LogP contribution in [-0.2, 0) is 10.9 Å². The summed E-state index contributed by atoms with van der Waals surface area (Å²) in [6.45, 7) is 2.82. The summed E-state index contributed by atoms with van der Waals surface area (Å²) in [5.41, 5.74) is -1.38. The molecule has 6 nitrogen and oxygen atoms in total. The molecule has 10 heteroatoms. The molecule has 0 aromatic heterocycles. The van der Waals surface area contributed by atoms with Gasteiger partial charge in [-0.1, -0.05) is 11.6 Å². The zero-order valence-corrected chi connectivity index (χ0v) is 14.2. The molecule has 0 saturated carbocycles. The van der Waals surface area contributed by atoms with Crippen LogP contribution in [0.4, 0.5) is 28.4 Å². The van der Waals surface area contributed by atoms with E-state index in [2.05, 4.69) is 5.32 Å². The molecule has 138 valence electrons. The maximum atomic E-state index is 13.1. The average Bonchev–Trinajstić information content (AvgIpc) is 2.56. The molecule has 1 aromatic carbocycles. The van der Waals surface area contributed by atoms with Crippen LogP contribution in [0.1, 0.15) is 12.5 Å². The highest BCUT2D eigenvalue weighted by Gasteiger charge is 2.35. The highest BCUT2D eigenvalue weighted by atomic mass is 35.5. The van der Waals surface area contributed by atoms with Crippen molar-refractivity contribution in [1.29, 1.82) is 0 Å². The number of ether oxygens (including phenoxy) is 1. The minimum absolute atomic E-state index is 0.0756. The second-order valence-electron chi connectivity index (χ2n) is 5.29. The highest BCUT2D eigenvalue weighted by molar-refractivity contribution is 6.30. The first-order valence-corrected chi connectivity index (χ1v) is 7.94. The second kappa shape index (κ2) is 7.81. The average molecular weight is 380 g/mol. The van der Waals surface area contributed by atoms with E-state index >= 15 is 0 Å². The topological polar surface area (TPSA) is 61.9 Å². The Morgan fingerprint density at radius 1 is 1.20 bits per heavy atom. The summed E-state index contributed by atoms with van der Waals surface area (Å²) >= 11 is 5.61. The second-order valence-corrected chi connectivity index (χ2v) is 5.73. The first kappa shape index (κ1) is 19.2. The third-order valence-corrected chi connectivity index (χ3v) is 3.86. The number of hydrogen-bond donors (Lipinski definition) is 1. The van der Waals surface area contributed by atoms with Crippen molar-refractivity contribution in [3.05, 3.63) is 28.8 Å². The fourth-order valence-electron chi connectivity index (χ4n) is 2.36. The zero-order chi connectivity index (χ0) is 18.6. The minimum Gasteiger partial charge on any atom is -0.450 e. The van der Waals surface area contributed by atoms with Crippen molar-refractivity contribution < 1.29 is 27.5 Å². The van der Waals surface area contributed by atoms with E-state index in [-0.39, 0.29) is 43.5 Å². The zero-order valence-electron chi connectivity index (χ0n) is 13.4. The Bertz CT molecular complexity index is 647. The van der Waals surface area contributed by atoms with Gasteiger partial charge < -0.3 is 19.9 Å². The van der Waals surface area contributed by atoms with Crippen molar-refractivity contribution in [3.8, 4) is 0 Å². The lowest BCUT2D eigenvalue weighted by Crippen LogP contribution is -2.51. The summed E-state index contributed by atoms with van der Waals surface area (Å²) in [6, 6.07) is 2.47. The Morgan fingerprint density at radius 3 is 2.36 bits per heavy atom. The van der Waals surface area contributed by atoms with Gasteiger partial charge in [0.25, 0.3) is 0 Å². The van der Waals surface area contributed by atoms with Crippen LogP contribution in [-0.4, -0.2) is 54.7 Å². The Balaban J connectivity index is 2.01. The number of urea groups is 1. The molecule has 0 aliphatic carbocycles. The number of nitrogens with one attached hydrogen (secondary N) is 1. The van der Waals surface area contributed by atoms with Gasteiger partial charge in [-0.2, -0.15) is 13.2 Å². The van der Waals surface area contributed by atoms with Gasteiger partial charge in [-0.05, 0) is 25.1 Å². The first-order valence-electron chi connectivity index (χ1n) is 7.56. The van der Waals surface area contributed by atoms with Crippen LogP contribution in [0.3, 0.4) is 0 Å². The van der Waals surface area contributed by atoms with E-state index in [0.29, 0.717) is 0 Å². The molecule has 3 amide bonds. The molecule has 0 atom stereocenters. The van der Waals surface area contributed by atoms with E-state index in [4.69, 9.17) is 16.3 Å².